The van der Waals surface area contributed by atoms with Crippen LogP contribution in [0.25, 0.3) is 0 Å². The molecule has 2 fully saturated rings. The molecule has 2 aliphatic heterocycles. The van der Waals surface area contributed by atoms with E-state index >= 15 is 0 Å². The fraction of sp³-hybridized carbons (Fsp3) is 1.00. The summed E-state index contributed by atoms with van der Waals surface area (Å²) in [5.74, 6) is 1.59. The first-order valence-corrected chi connectivity index (χ1v) is 6.39. The molecule has 2 rings (SSSR count). The first kappa shape index (κ1) is 11.4. The fourth-order valence-corrected chi connectivity index (χ4v) is 2.87. The van der Waals surface area contributed by atoms with E-state index in [9.17, 15) is 0 Å². The van der Waals surface area contributed by atoms with Crippen LogP contribution in [-0.2, 0) is 4.74 Å². The maximum absolute atomic E-state index is 5.95. The molecule has 0 aromatic carbocycles. The largest absolute Gasteiger partial charge is 0.376 e. The molecule has 0 unspecified atom stereocenters. The molecule has 0 radical (unpaired) electrons. The van der Waals surface area contributed by atoms with Gasteiger partial charge in [-0.25, -0.2) is 0 Å². The molecule has 2 heterocycles. The Labute approximate surface area is 93.2 Å². The molecular weight excluding hydrogens is 188 g/mol. The van der Waals surface area contributed by atoms with Crippen molar-refractivity contribution in [2.75, 3.05) is 39.3 Å². The highest BCUT2D eigenvalue weighted by atomic mass is 16.5. The molecule has 2 saturated heterocycles. The molecule has 0 saturated carbocycles. The molecule has 3 nitrogen and oxygen atoms in total. The van der Waals surface area contributed by atoms with Gasteiger partial charge in [0.25, 0.3) is 0 Å². The van der Waals surface area contributed by atoms with Gasteiger partial charge in [0.15, 0.2) is 0 Å². The van der Waals surface area contributed by atoms with Crippen LogP contribution in [-0.4, -0.2) is 50.3 Å². The van der Waals surface area contributed by atoms with Crippen molar-refractivity contribution in [1.29, 1.82) is 0 Å². The summed E-state index contributed by atoms with van der Waals surface area (Å²) in [5.41, 5.74) is 0. The Morgan fingerprint density at radius 2 is 2.13 bits per heavy atom. The van der Waals surface area contributed by atoms with Crippen LogP contribution in [0.15, 0.2) is 0 Å². The maximum atomic E-state index is 5.95. The van der Waals surface area contributed by atoms with Crippen molar-refractivity contribution in [1.82, 2.24) is 10.2 Å². The number of rotatable bonds is 4. The number of nitrogens with one attached hydrogen (secondary N) is 1. The van der Waals surface area contributed by atoms with Gasteiger partial charge in [-0.15, -0.1) is 0 Å². The highest BCUT2D eigenvalue weighted by molar-refractivity contribution is 4.89. The molecule has 3 atom stereocenters. The van der Waals surface area contributed by atoms with Crippen LogP contribution < -0.4 is 5.32 Å². The third-order valence-corrected chi connectivity index (χ3v) is 4.01. The van der Waals surface area contributed by atoms with E-state index in [1.807, 2.05) is 0 Å². The summed E-state index contributed by atoms with van der Waals surface area (Å²) in [4.78, 5) is 2.47. The number of nitrogens with zero attached hydrogens (tertiary/aromatic N) is 1. The van der Waals surface area contributed by atoms with Crippen LogP contribution in [0.4, 0.5) is 0 Å². The number of piperidine rings is 1. The van der Waals surface area contributed by atoms with Crippen LogP contribution in [0.2, 0.25) is 0 Å². The molecular formula is C12H24N2O. The predicted molar refractivity (Wildman–Crippen MR) is 62.0 cm³/mol. The van der Waals surface area contributed by atoms with Crippen molar-refractivity contribution in [2.45, 2.75) is 26.4 Å². The smallest absolute Gasteiger partial charge is 0.0745 e. The van der Waals surface area contributed by atoms with Crippen molar-refractivity contribution in [3.63, 3.8) is 0 Å². The van der Waals surface area contributed by atoms with Gasteiger partial charge < -0.3 is 15.0 Å². The Morgan fingerprint density at radius 3 is 2.87 bits per heavy atom. The fourth-order valence-electron chi connectivity index (χ4n) is 2.87. The van der Waals surface area contributed by atoms with Gasteiger partial charge in [0, 0.05) is 19.0 Å². The third-order valence-electron chi connectivity index (χ3n) is 4.01. The molecule has 0 aromatic heterocycles. The van der Waals surface area contributed by atoms with Gasteiger partial charge in [0.1, 0.15) is 0 Å². The molecule has 2 aliphatic rings. The quantitative estimate of drug-likeness (QED) is 0.751. The minimum Gasteiger partial charge on any atom is -0.376 e. The summed E-state index contributed by atoms with van der Waals surface area (Å²) in [6, 6.07) is 0. The molecule has 15 heavy (non-hydrogen) atoms. The van der Waals surface area contributed by atoms with Gasteiger partial charge in [-0.3, -0.25) is 0 Å². The monoisotopic (exact) mass is 212 g/mol. The summed E-state index contributed by atoms with van der Waals surface area (Å²) in [6.45, 7) is 11.2. The number of likely N-dealkylation sites (N-methyl/N-ethyl adjacent to an activating group) is 1. The summed E-state index contributed by atoms with van der Waals surface area (Å²) in [5, 5.41) is 3.50. The van der Waals surface area contributed by atoms with Gasteiger partial charge in [-0.2, -0.15) is 0 Å². The minimum absolute atomic E-state index is 0.475. The van der Waals surface area contributed by atoms with Crippen LogP contribution in [0.1, 0.15) is 20.3 Å². The summed E-state index contributed by atoms with van der Waals surface area (Å²) < 4.78 is 5.95. The van der Waals surface area contributed by atoms with Crippen LogP contribution in [0.3, 0.4) is 0 Å². The molecule has 0 spiro atoms. The van der Waals surface area contributed by atoms with E-state index in [4.69, 9.17) is 4.74 Å². The van der Waals surface area contributed by atoms with E-state index in [2.05, 4.69) is 24.1 Å². The molecule has 3 heteroatoms. The third kappa shape index (κ3) is 2.52. The maximum Gasteiger partial charge on any atom is 0.0745 e. The van der Waals surface area contributed by atoms with E-state index in [-0.39, 0.29) is 0 Å². The summed E-state index contributed by atoms with van der Waals surface area (Å²) in [6.07, 6.45) is 1.78. The van der Waals surface area contributed by atoms with Gasteiger partial charge in [0.2, 0.25) is 0 Å². The first-order valence-electron chi connectivity index (χ1n) is 6.39. The van der Waals surface area contributed by atoms with Crippen LogP contribution in [0, 0.1) is 11.8 Å². The zero-order valence-electron chi connectivity index (χ0n) is 10.0. The molecule has 0 bridgehead atoms. The lowest BCUT2D eigenvalue weighted by Gasteiger charge is -2.30. The topological polar surface area (TPSA) is 24.5 Å². The number of ether oxygens (including phenoxy) is 1. The normalized spacial score (nSPS) is 35.8. The van der Waals surface area contributed by atoms with Crippen LogP contribution in [0.5, 0.6) is 0 Å². The molecule has 1 N–H and O–H groups in total. The lowest BCUT2D eigenvalue weighted by atomic mass is 9.85. The van der Waals surface area contributed by atoms with E-state index in [1.165, 1.54) is 13.0 Å². The lowest BCUT2D eigenvalue weighted by Crippen LogP contribution is -2.43. The van der Waals surface area contributed by atoms with E-state index in [0.717, 1.165) is 44.6 Å². The Hall–Kier alpha value is -0.120. The second kappa shape index (κ2) is 5.28. The summed E-state index contributed by atoms with van der Waals surface area (Å²) in [7, 11) is 0. The lowest BCUT2D eigenvalue weighted by molar-refractivity contribution is 0.0576. The average Bonchev–Trinajstić information content (AvgIpc) is 2.69. The zero-order valence-corrected chi connectivity index (χ0v) is 10.0. The Kier molecular flexibility index (Phi) is 4.00. The zero-order chi connectivity index (χ0) is 10.7. The van der Waals surface area contributed by atoms with Gasteiger partial charge >= 0.3 is 0 Å². The standard InChI is InChI=1S/C12H24N2O/c1-3-14(4-2)8-12-11-7-13-6-5-10(11)9-15-12/h10-13H,3-9H2,1-2H3/t10-,11-,12+/m0/s1. The van der Waals surface area contributed by atoms with Crippen molar-refractivity contribution < 1.29 is 4.74 Å². The Balaban J connectivity index is 1.87. The predicted octanol–water partition coefficient (Wildman–Crippen LogP) is 0.953. The Bertz CT molecular complexity index is 194. The first-order chi connectivity index (χ1) is 7.35. The van der Waals surface area contributed by atoms with E-state index < -0.39 is 0 Å². The van der Waals surface area contributed by atoms with E-state index in [1.54, 1.807) is 0 Å². The average molecular weight is 212 g/mol. The molecule has 0 amide bonds. The molecule has 0 aliphatic carbocycles. The van der Waals surface area contributed by atoms with E-state index in [0.29, 0.717) is 6.10 Å². The van der Waals surface area contributed by atoms with Gasteiger partial charge in [0.05, 0.1) is 12.7 Å². The minimum atomic E-state index is 0.475. The summed E-state index contributed by atoms with van der Waals surface area (Å²) >= 11 is 0. The van der Waals surface area contributed by atoms with Crippen molar-refractivity contribution in [3.8, 4) is 0 Å². The van der Waals surface area contributed by atoms with Crippen molar-refractivity contribution in [2.24, 2.45) is 11.8 Å². The second-order valence-electron chi connectivity index (χ2n) is 4.77. The number of hydrogen-bond donors (Lipinski definition) is 1. The SMILES string of the molecule is CCN(CC)C[C@H]1OC[C@@H]2CCNC[C@@H]21. The Morgan fingerprint density at radius 1 is 1.33 bits per heavy atom. The van der Waals surface area contributed by atoms with Crippen molar-refractivity contribution >= 4 is 0 Å². The molecule has 0 aromatic rings. The van der Waals surface area contributed by atoms with Gasteiger partial charge in [-0.1, -0.05) is 13.8 Å². The number of hydrogen-bond acceptors (Lipinski definition) is 3. The molecule has 88 valence electrons. The number of fused-ring (bicyclic) bond motifs is 1. The highest BCUT2D eigenvalue weighted by Gasteiger charge is 2.38. The van der Waals surface area contributed by atoms with Gasteiger partial charge in [-0.05, 0) is 32.0 Å². The van der Waals surface area contributed by atoms with Crippen molar-refractivity contribution in [3.05, 3.63) is 0 Å². The highest BCUT2D eigenvalue weighted by Crippen LogP contribution is 2.31. The van der Waals surface area contributed by atoms with Crippen LogP contribution >= 0.6 is 0 Å². The second-order valence-corrected chi connectivity index (χ2v) is 4.77.